The van der Waals surface area contributed by atoms with Gasteiger partial charge in [0, 0.05) is 11.3 Å². The molecule has 7 heteroatoms. The maximum Gasteiger partial charge on any atom is 0.337 e. The van der Waals surface area contributed by atoms with Crippen LogP contribution in [0.2, 0.25) is 0 Å². The molecule has 1 heterocycles. The number of esters is 1. The van der Waals surface area contributed by atoms with Gasteiger partial charge in [0.05, 0.1) is 32.9 Å². The topological polar surface area (TPSA) is 68.8 Å². The number of thiocarbonyl (C=S) groups is 1. The Kier molecular flexibility index (Phi) is 4.87. The summed E-state index contributed by atoms with van der Waals surface area (Å²) in [5.74, 6) is 0.844. The van der Waals surface area contributed by atoms with E-state index in [-0.39, 0.29) is 0 Å². The lowest BCUT2D eigenvalue weighted by atomic mass is 9.94. The van der Waals surface area contributed by atoms with Crippen molar-refractivity contribution < 1.29 is 19.0 Å². The van der Waals surface area contributed by atoms with Crippen molar-refractivity contribution in [3.8, 4) is 11.5 Å². The molecule has 1 aliphatic rings. The number of carbonyl (C=O) groups is 1. The Labute approximate surface area is 134 Å². The van der Waals surface area contributed by atoms with E-state index in [4.69, 9.17) is 26.4 Å². The van der Waals surface area contributed by atoms with Crippen LogP contribution < -0.4 is 20.1 Å². The monoisotopic (exact) mass is 322 g/mol. The Morgan fingerprint density at radius 2 is 1.95 bits per heavy atom. The molecule has 0 saturated heterocycles. The van der Waals surface area contributed by atoms with Gasteiger partial charge in [0.15, 0.2) is 5.11 Å². The zero-order chi connectivity index (χ0) is 16.3. The summed E-state index contributed by atoms with van der Waals surface area (Å²) < 4.78 is 15.5. The summed E-state index contributed by atoms with van der Waals surface area (Å²) >= 11 is 5.20. The molecular weight excluding hydrogens is 304 g/mol. The fourth-order valence-electron chi connectivity index (χ4n) is 2.37. The first-order valence-electron chi connectivity index (χ1n) is 6.60. The molecule has 2 N–H and O–H groups in total. The van der Waals surface area contributed by atoms with E-state index in [9.17, 15) is 4.79 Å². The molecule has 2 rings (SSSR count). The number of hydrogen-bond acceptors (Lipinski definition) is 5. The number of allylic oxidation sites excluding steroid dienone is 1. The van der Waals surface area contributed by atoms with Crippen LogP contribution in [0.1, 0.15) is 18.5 Å². The third kappa shape index (κ3) is 2.99. The van der Waals surface area contributed by atoms with Gasteiger partial charge >= 0.3 is 5.97 Å². The second kappa shape index (κ2) is 6.65. The molecule has 0 aromatic heterocycles. The summed E-state index contributed by atoms with van der Waals surface area (Å²) in [7, 11) is 4.49. The molecule has 0 bridgehead atoms. The fourth-order valence-corrected chi connectivity index (χ4v) is 2.64. The normalized spacial score (nSPS) is 17.5. The molecule has 22 heavy (non-hydrogen) atoms. The third-order valence-electron chi connectivity index (χ3n) is 3.42. The van der Waals surface area contributed by atoms with E-state index >= 15 is 0 Å². The van der Waals surface area contributed by atoms with E-state index in [1.54, 1.807) is 39.3 Å². The van der Waals surface area contributed by atoms with Crippen molar-refractivity contribution in [3.05, 3.63) is 35.0 Å². The highest BCUT2D eigenvalue weighted by atomic mass is 32.1. The van der Waals surface area contributed by atoms with E-state index in [1.807, 2.05) is 0 Å². The van der Waals surface area contributed by atoms with Gasteiger partial charge in [-0.1, -0.05) is 0 Å². The Balaban J connectivity index is 2.59. The minimum Gasteiger partial charge on any atom is -0.497 e. The largest absolute Gasteiger partial charge is 0.497 e. The number of rotatable bonds is 4. The number of nitrogens with one attached hydrogen (secondary N) is 2. The Morgan fingerprint density at radius 1 is 1.23 bits per heavy atom. The van der Waals surface area contributed by atoms with Crippen molar-refractivity contribution in [2.45, 2.75) is 13.0 Å². The van der Waals surface area contributed by atoms with Crippen LogP contribution in [0.5, 0.6) is 11.5 Å². The molecule has 0 saturated carbocycles. The smallest absolute Gasteiger partial charge is 0.337 e. The van der Waals surface area contributed by atoms with Crippen molar-refractivity contribution in [3.63, 3.8) is 0 Å². The lowest BCUT2D eigenvalue weighted by molar-refractivity contribution is -0.136. The zero-order valence-corrected chi connectivity index (χ0v) is 13.7. The number of methoxy groups -OCH3 is 3. The van der Waals surface area contributed by atoms with Crippen LogP contribution in [0.15, 0.2) is 29.5 Å². The molecule has 0 spiro atoms. The van der Waals surface area contributed by atoms with Gasteiger partial charge in [0.2, 0.25) is 0 Å². The van der Waals surface area contributed by atoms with Crippen molar-refractivity contribution >= 4 is 23.3 Å². The van der Waals surface area contributed by atoms with E-state index < -0.39 is 12.0 Å². The van der Waals surface area contributed by atoms with Gasteiger partial charge in [-0.3, -0.25) is 0 Å². The van der Waals surface area contributed by atoms with Crippen LogP contribution in [0.4, 0.5) is 0 Å². The van der Waals surface area contributed by atoms with E-state index in [2.05, 4.69) is 10.6 Å². The number of carbonyl (C=O) groups excluding carboxylic acids is 1. The predicted molar refractivity (Wildman–Crippen MR) is 85.9 cm³/mol. The standard InChI is InChI=1S/C15H18N2O4S/c1-8-12(14(18)21-4)13(17-15(22)16-8)10-7-9(19-2)5-6-11(10)20-3/h5-7,13H,1-4H3,(H2,16,17,22). The fraction of sp³-hybridized carbons (Fsp3) is 0.333. The van der Waals surface area contributed by atoms with Gasteiger partial charge in [-0.15, -0.1) is 0 Å². The molecule has 1 aliphatic heterocycles. The summed E-state index contributed by atoms with van der Waals surface area (Å²) in [6.07, 6.45) is 0. The summed E-state index contributed by atoms with van der Waals surface area (Å²) in [5, 5.41) is 6.45. The molecule has 0 aliphatic carbocycles. The van der Waals surface area contributed by atoms with Gasteiger partial charge < -0.3 is 24.8 Å². The summed E-state index contributed by atoms with van der Waals surface area (Å²) in [4.78, 5) is 12.1. The zero-order valence-electron chi connectivity index (χ0n) is 12.9. The summed E-state index contributed by atoms with van der Waals surface area (Å²) in [5.41, 5.74) is 1.83. The van der Waals surface area contributed by atoms with Gasteiger partial charge in [0.1, 0.15) is 11.5 Å². The minimum absolute atomic E-state index is 0.431. The molecule has 1 atom stereocenters. The maximum absolute atomic E-state index is 12.1. The maximum atomic E-state index is 12.1. The lowest BCUT2D eigenvalue weighted by Crippen LogP contribution is -2.45. The number of hydrogen-bond donors (Lipinski definition) is 2. The third-order valence-corrected chi connectivity index (χ3v) is 3.64. The SMILES string of the molecule is COC(=O)C1=C(C)NC(=S)NC1c1cc(OC)ccc1OC. The van der Waals surface area contributed by atoms with Crippen LogP contribution in [0.25, 0.3) is 0 Å². The second-order valence-electron chi connectivity index (χ2n) is 4.67. The summed E-state index contributed by atoms with van der Waals surface area (Å²) in [6, 6.07) is 4.90. The van der Waals surface area contributed by atoms with Gasteiger partial charge in [-0.05, 0) is 37.3 Å². The minimum atomic E-state index is -0.480. The van der Waals surface area contributed by atoms with Crippen LogP contribution in [0.3, 0.4) is 0 Å². The molecular formula is C15H18N2O4S. The van der Waals surface area contributed by atoms with E-state index in [0.717, 1.165) is 5.56 Å². The van der Waals surface area contributed by atoms with Crippen molar-refractivity contribution in [1.82, 2.24) is 10.6 Å². The molecule has 0 radical (unpaired) electrons. The molecule has 6 nitrogen and oxygen atoms in total. The molecule has 1 aromatic rings. The molecule has 1 unspecified atom stereocenters. The highest BCUT2D eigenvalue weighted by molar-refractivity contribution is 7.80. The molecule has 118 valence electrons. The first kappa shape index (κ1) is 16.1. The second-order valence-corrected chi connectivity index (χ2v) is 5.08. The van der Waals surface area contributed by atoms with Crippen molar-refractivity contribution in [2.75, 3.05) is 21.3 Å². The lowest BCUT2D eigenvalue weighted by Gasteiger charge is -2.30. The van der Waals surface area contributed by atoms with E-state index in [0.29, 0.717) is 27.9 Å². The molecule has 0 fully saturated rings. The van der Waals surface area contributed by atoms with Crippen LogP contribution in [0, 0.1) is 0 Å². The highest BCUT2D eigenvalue weighted by Crippen LogP contribution is 2.35. The van der Waals surface area contributed by atoms with Crippen molar-refractivity contribution in [2.24, 2.45) is 0 Å². The van der Waals surface area contributed by atoms with Gasteiger partial charge in [-0.25, -0.2) is 4.79 Å². The predicted octanol–water partition coefficient (Wildman–Crippen LogP) is 1.67. The Morgan fingerprint density at radius 3 is 2.55 bits per heavy atom. The quantitative estimate of drug-likeness (QED) is 0.645. The van der Waals surface area contributed by atoms with Crippen molar-refractivity contribution in [1.29, 1.82) is 0 Å². The average molecular weight is 322 g/mol. The van der Waals surface area contributed by atoms with Crippen LogP contribution >= 0.6 is 12.2 Å². The van der Waals surface area contributed by atoms with Crippen LogP contribution in [-0.2, 0) is 9.53 Å². The number of benzene rings is 1. The first-order valence-corrected chi connectivity index (χ1v) is 7.01. The average Bonchev–Trinajstić information content (AvgIpc) is 2.52. The Bertz CT molecular complexity index is 642. The van der Waals surface area contributed by atoms with E-state index in [1.165, 1.54) is 7.11 Å². The summed E-state index contributed by atoms with van der Waals surface area (Å²) in [6.45, 7) is 1.78. The number of ether oxygens (including phenoxy) is 3. The van der Waals surface area contributed by atoms with Crippen LogP contribution in [-0.4, -0.2) is 32.4 Å². The first-order chi connectivity index (χ1) is 10.5. The van der Waals surface area contributed by atoms with Gasteiger partial charge in [0.25, 0.3) is 0 Å². The van der Waals surface area contributed by atoms with Gasteiger partial charge in [-0.2, -0.15) is 0 Å². The molecule has 0 amide bonds. The highest BCUT2D eigenvalue weighted by Gasteiger charge is 2.32. The molecule has 1 aromatic carbocycles. The Hall–Kier alpha value is -2.28.